The van der Waals surface area contributed by atoms with Gasteiger partial charge < -0.3 is 36.2 Å². The number of fused-ring (bicyclic) bond motifs is 2. The molecule has 0 atom stereocenters. The summed E-state index contributed by atoms with van der Waals surface area (Å²) < 4.78 is 10.6. The molecule has 0 fully saturated rings. The molecule has 0 bridgehead atoms. The van der Waals surface area contributed by atoms with Gasteiger partial charge in [0, 0.05) is 81.0 Å². The third-order valence-electron chi connectivity index (χ3n) is 8.80. The van der Waals surface area contributed by atoms with Crippen molar-refractivity contribution in [3.63, 3.8) is 0 Å². The van der Waals surface area contributed by atoms with E-state index in [4.69, 9.17) is 9.84 Å². The highest BCUT2D eigenvalue weighted by Crippen LogP contribution is 2.34. The van der Waals surface area contributed by atoms with E-state index in [0.717, 1.165) is 67.9 Å². The van der Waals surface area contributed by atoms with Crippen LogP contribution in [0.2, 0.25) is 0 Å². The Kier molecular flexibility index (Phi) is 10.6. The number of phenols is 2. The average molecular weight is 720 g/mol. The Labute approximate surface area is 306 Å². The first-order chi connectivity index (χ1) is 25.5. The van der Waals surface area contributed by atoms with E-state index in [-0.39, 0.29) is 11.5 Å². The Bertz CT molecular complexity index is 2400. The van der Waals surface area contributed by atoms with Gasteiger partial charge in [0.15, 0.2) is 23.1 Å². The van der Waals surface area contributed by atoms with E-state index < -0.39 is 0 Å². The zero-order chi connectivity index (χ0) is 37.8. The second-order valence-corrected chi connectivity index (χ2v) is 12.6. The van der Waals surface area contributed by atoms with E-state index in [0.29, 0.717) is 36.6 Å². The number of pyridine rings is 1. The minimum absolute atomic E-state index is 0.242. The van der Waals surface area contributed by atoms with Gasteiger partial charge in [0.2, 0.25) is 5.95 Å². The van der Waals surface area contributed by atoms with E-state index in [1.54, 1.807) is 41.0 Å². The number of rotatable bonds is 11. The lowest BCUT2D eigenvalue weighted by molar-refractivity contribution is 0.185. The van der Waals surface area contributed by atoms with E-state index in [1.165, 1.54) is 0 Å². The van der Waals surface area contributed by atoms with Crippen LogP contribution in [-0.2, 0) is 25.4 Å². The van der Waals surface area contributed by atoms with Crippen LogP contribution in [0, 0.1) is 27.7 Å². The third kappa shape index (κ3) is 7.77. The topological polar surface area (TPSA) is 190 Å². The summed E-state index contributed by atoms with van der Waals surface area (Å²) in [6.45, 7) is 11.6. The maximum Gasteiger partial charge on any atom is 0.224 e. The molecule has 0 saturated carbocycles. The van der Waals surface area contributed by atoms with Crippen LogP contribution in [0.3, 0.4) is 0 Å². The molecular formula is C37H45N13O3. The highest BCUT2D eigenvalue weighted by atomic mass is 16.5. The van der Waals surface area contributed by atoms with Crippen molar-refractivity contribution in [2.24, 2.45) is 14.1 Å². The number of hydrogen-bond donors (Lipinski definition) is 6. The first kappa shape index (κ1) is 36.4. The fourth-order valence-corrected chi connectivity index (χ4v) is 5.86. The molecule has 6 N–H and O–H groups in total. The van der Waals surface area contributed by atoms with Gasteiger partial charge in [0.05, 0.1) is 29.4 Å². The molecular weight excluding hydrogens is 674 g/mol. The van der Waals surface area contributed by atoms with Crippen molar-refractivity contribution in [1.82, 2.24) is 44.3 Å². The predicted molar refractivity (Wildman–Crippen MR) is 208 cm³/mol. The van der Waals surface area contributed by atoms with Crippen molar-refractivity contribution < 1.29 is 14.9 Å². The summed E-state index contributed by atoms with van der Waals surface area (Å²) in [6, 6.07) is 11.0. The van der Waals surface area contributed by atoms with Crippen LogP contribution in [-0.4, -0.2) is 74.8 Å². The normalized spacial score (nSPS) is 11.1. The molecule has 16 nitrogen and oxygen atoms in total. The van der Waals surface area contributed by atoms with Crippen LogP contribution in [0.15, 0.2) is 55.0 Å². The first-order valence-electron chi connectivity index (χ1n) is 17.2. The van der Waals surface area contributed by atoms with Crippen LogP contribution in [0.5, 0.6) is 11.5 Å². The van der Waals surface area contributed by atoms with Crippen LogP contribution in [0.25, 0.3) is 21.9 Å². The van der Waals surface area contributed by atoms with E-state index >= 15 is 0 Å². The lowest BCUT2D eigenvalue weighted by atomic mass is 10.1. The van der Waals surface area contributed by atoms with Gasteiger partial charge in [-0.25, -0.2) is 14.6 Å². The highest BCUT2D eigenvalue weighted by molar-refractivity contribution is 5.93. The van der Waals surface area contributed by atoms with Crippen molar-refractivity contribution in [1.29, 1.82) is 0 Å². The summed E-state index contributed by atoms with van der Waals surface area (Å²) in [4.78, 5) is 13.3. The predicted octanol–water partition coefficient (Wildman–Crippen LogP) is 6.48. The summed E-state index contributed by atoms with van der Waals surface area (Å²) in [5, 5.41) is 48.3. The Balaban J connectivity index is 0.000000188. The van der Waals surface area contributed by atoms with Crippen LogP contribution in [0.1, 0.15) is 29.2 Å². The van der Waals surface area contributed by atoms with Gasteiger partial charge in [-0.2, -0.15) is 20.3 Å². The van der Waals surface area contributed by atoms with Crippen molar-refractivity contribution in [3.05, 3.63) is 77.2 Å². The van der Waals surface area contributed by atoms with Crippen molar-refractivity contribution in [2.45, 2.75) is 41.2 Å². The number of methoxy groups -OCH3 is 1. The van der Waals surface area contributed by atoms with Gasteiger partial charge in [0.1, 0.15) is 17.3 Å². The SMILES string of the molecule is CCNc1ncc2c(Nc3c(C)ccc(O)c3C)nn(C)c2n1.COCCn1nc(Nc2c(C)ccc(O)c2C)c2cnc(Nc3ccn(C)n3)cc21. The van der Waals surface area contributed by atoms with Crippen molar-refractivity contribution in [3.8, 4) is 11.5 Å². The fourth-order valence-electron chi connectivity index (χ4n) is 5.86. The summed E-state index contributed by atoms with van der Waals surface area (Å²) in [5.41, 5.74) is 6.96. The third-order valence-corrected chi connectivity index (χ3v) is 8.80. The van der Waals surface area contributed by atoms with Crippen LogP contribution >= 0.6 is 0 Å². The second-order valence-electron chi connectivity index (χ2n) is 12.6. The van der Waals surface area contributed by atoms with Gasteiger partial charge in [-0.3, -0.25) is 9.36 Å². The molecule has 276 valence electrons. The number of nitrogens with zero attached hydrogens (tertiary/aromatic N) is 9. The van der Waals surface area contributed by atoms with E-state index in [2.05, 4.69) is 46.4 Å². The van der Waals surface area contributed by atoms with Crippen LogP contribution in [0.4, 0.5) is 40.6 Å². The molecule has 0 unspecified atom stereocenters. The summed E-state index contributed by atoms with van der Waals surface area (Å²) in [5.74, 6) is 3.82. The summed E-state index contributed by atoms with van der Waals surface area (Å²) in [7, 11) is 5.38. The Morgan fingerprint density at radius 2 is 1.40 bits per heavy atom. The maximum absolute atomic E-state index is 10.1. The molecule has 0 spiro atoms. The molecule has 0 amide bonds. The van der Waals surface area contributed by atoms with E-state index in [9.17, 15) is 10.2 Å². The Hall–Kier alpha value is -6.42. The zero-order valence-electron chi connectivity index (χ0n) is 31.1. The molecule has 0 saturated heterocycles. The lowest BCUT2D eigenvalue weighted by Gasteiger charge is -2.12. The molecule has 5 heterocycles. The minimum atomic E-state index is 0.242. The second kappa shape index (κ2) is 15.4. The molecule has 0 radical (unpaired) electrons. The largest absolute Gasteiger partial charge is 0.508 e. The maximum atomic E-state index is 10.1. The standard InChI is InChI=1S/C21H25N7O2.C16H20N6O/c1-13-5-6-17(29)14(2)20(13)24-21-15-12-22-19(23-18-7-8-27(3)25-18)11-16(15)28(26-21)9-10-30-4;1-5-17-16-18-8-11-14(21-22(4)15(11)20-16)19-13-9(2)6-7-12(23)10(13)3/h5-8,11-12,29H,9-10H2,1-4H3,(H,24,26)(H,22,23,25);6-8,23H,5H2,1-4H3,(H,19,21)(H,17,18,20). The smallest absolute Gasteiger partial charge is 0.224 e. The average Bonchev–Trinajstić information content (AvgIpc) is 3.81. The zero-order valence-corrected chi connectivity index (χ0v) is 31.1. The number of ether oxygens (including phenoxy) is 1. The number of hydrogen-bond acceptors (Lipinski definition) is 13. The molecule has 0 aliphatic rings. The Morgan fingerprint density at radius 3 is 2.00 bits per heavy atom. The fraction of sp³-hybridized carbons (Fsp3) is 0.297. The van der Waals surface area contributed by atoms with E-state index in [1.807, 2.05) is 83.9 Å². The molecule has 5 aromatic heterocycles. The Morgan fingerprint density at radius 1 is 0.755 bits per heavy atom. The minimum Gasteiger partial charge on any atom is -0.508 e. The summed E-state index contributed by atoms with van der Waals surface area (Å²) in [6.07, 6.45) is 5.40. The number of aromatic nitrogens is 9. The number of aryl methyl sites for hydroxylation is 4. The molecule has 16 heteroatoms. The molecule has 0 aliphatic carbocycles. The molecule has 0 aliphatic heterocycles. The number of nitrogens with one attached hydrogen (secondary N) is 4. The van der Waals surface area contributed by atoms with Crippen molar-refractivity contribution in [2.75, 3.05) is 41.5 Å². The van der Waals surface area contributed by atoms with Crippen molar-refractivity contribution >= 4 is 62.5 Å². The quantitative estimate of drug-likeness (QED) is 0.0853. The lowest BCUT2D eigenvalue weighted by Crippen LogP contribution is -2.06. The first-order valence-corrected chi connectivity index (χ1v) is 17.2. The molecule has 7 rings (SSSR count). The molecule has 2 aromatic carbocycles. The summed E-state index contributed by atoms with van der Waals surface area (Å²) >= 11 is 0. The van der Waals surface area contributed by atoms with Crippen LogP contribution < -0.4 is 21.3 Å². The van der Waals surface area contributed by atoms with Gasteiger partial charge in [-0.15, -0.1) is 0 Å². The number of phenolic OH excluding ortho intramolecular Hbond substituents is 2. The van der Waals surface area contributed by atoms with Gasteiger partial charge in [-0.05, 0) is 57.9 Å². The number of benzene rings is 2. The van der Waals surface area contributed by atoms with Gasteiger partial charge in [0.25, 0.3) is 0 Å². The number of aromatic hydroxyl groups is 2. The molecule has 53 heavy (non-hydrogen) atoms. The molecule has 7 aromatic rings. The monoisotopic (exact) mass is 719 g/mol. The highest BCUT2D eigenvalue weighted by Gasteiger charge is 2.17. The van der Waals surface area contributed by atoms with Gasteiger partial charge in [-0.1, -0.05) is 12.1 Å². The number of anilines is 7. The van der Waals surface area contributed by atoms with Gasteiger partial charge >= 0.3 is 0 Å².